The summed E-state index contributed by atoms with van der Waals surface area (Å²) in [5.41, 5.74) is 9.52. The van der Waals surface area contributed by atoms with Gasteiger partial charge in [-0.05, 0) is 36.0 Å². The van der Waals surface area contributed by atoms with Crippen molar-refractivity contribution in [3.05, 3.63) is 29.3 Å². The van der Waals surface area contributed by atoms with Gasteiger partial charge < -0.3 is 5.73 Å². The van der Waals surface area contributed by atoms with Crippen LogP contribution >= 0.6 is 0 Å². The van der Waals surface area contributed by atoms with Gasteiger partial charge in [0.2, 0.25) is 0 Å². The third-order valence-electron chi connectivity index (χ3n) is 2.81. The molecule has 0 aliphatic heterocycles. The Bertz CT molecular complexity index is 269. The van der Waals surface area contributed by atoms with E-state index >= 15 is 0 Å². The van der Waals surface area contributed by atoms with Crippen LogP contribution in [0.3, 0.4) is 0 Å². The zero-order valence-electron chi connectivity index (χ0n) is 8.96. The van der Waals surface area contributed by atoms with E-state index in [1.165, 1.54) is 11.1 Å². The molecule has 1 nitrogen and oxygen atoms in total. The number of nitrogens with two attached hydrogens (primary N) is 1. The van der Waals surface area contributed by atoms with Crippen LogP contribution < -0.4 is 5.73 Å². The van der Waals surface area contributed by atoms with Crippen molar-refractivity contribution in [2.75, 3.05) is 5.73 Å². The maximum Gasteiger partial charge on any atom is 0.0352 e. The molecule has 72 valence electrons. The summed E-state index contributed by atoms with van der Waals surface area (Å²) >= 11 is 0. The second-order valence-corrected chi connectivity index (χ2v) is 4.11. The van der Waals surface area contributed by atoms with Gasteiger partial charge in [0.25, 0.3) is 0 Å². The average molecular weight is 177 g/mol. The molecule has 1 rings (SSSR count). The molecule has 1 unspecified atom stereocenters. The van der Waals surface area contributed by atoms with Gasteiger partial charge in [0.1, 0.15) is 0 Å². The standard InChI is InChI=1S/C12H19N/c1-8(2)10(4)12-9(3)6-5-7-11(12)13/h5-8,10H,13H2,1-4H3. The van der Waals surface area contributed by atoms with E-state index in [2.05, 4.69) is 33.8 Å². The number of benzene rings is 1. The highest BCUT2D eigenvalue weighted by molar-refractivity contribution is 5.52. The number of nitrogen functional groups attached to an aromatic ring is 1. The molecule has 0 bridgehead atoms. The van der Waals surface area contributed by atoms with E-state index < -0.39 is 0 Å². The third kappa shape index (κ3) is 2.03. The minimum atomic E-state index is 0.543. The molecule has 0 fully saturated rings. The fraction of sp³-hybridized carbons (Fsp3) is 0.500. The molecule has 13 heavy (non-hydrogen) atoms. The van der Waals surface area contributed by atoms with E-state index in [1.807, 2.05) is 12.1 Å². The summed E-state index contributed by atoms with van der Waals surface area (Å²) in [6.07, 6.45) is 0. The van der Waals surface area contributed by atoms with Gasteiger partial charge in [0.15, 0.2) is 0 Å². The van der Waals surface area contributed by atoms with Crippen molar-refractivity contribution in [2.24, 2.45) is 5.92 Å². The highest BCUT2D eigenvalue weighted by Gasteiger charge is 2.14. The zero-order valence-corrected chi connectivity index (χ0v) is 8.96. The van der Waals surface area contributed by atoms with Crippen molar-refractivity contribution in [1.29, 1.82) is 0 Å². The molecular weight excluding hydrogens is 158 g/mol. The molecule has 0 radical (unpaired) electrons. The molecule has 1 atom stereocenters. The summed E-state index contributed by atoms with van der Waals surface area (Å²) in [5, 5.41) is 0. The summed E-state index contributed by atoms with van der Waals surface area (Å²) in [5.74, 6) is 1.18. The molecular formula is C12H19N. The molecule has 0 heterocycles. The molecule has 2 N–H and O–H groups in total. The first-order chi connectivity index (χ1) is 6.04. The number of hydrogen-bond acceptors (Lipinski definition) is 1. The Balaban J connectivity index is 3.12. The first kappa shape index (κ1) is 10.1. The van der Waals surface area contributed by atoms with E-state index in [0.717, 1.165) is 5.69 Å². The van der Waals surface area contributed by atoms with Crippen molar-refractivity contribution in [3.63, 3.8) is 0 Å². The lowest BCUT2D eigenvalue weighted by Crippen LogP contribution is -2.07. The molecule has 0 aromatic heterocycles. The lowest BCUT2D eigenvalue weighted by atomic mass is 9.86. The maximum atomic E-state index is 5.96. The minimum absolute atomic E-state index is 0.543. The van der Waals surface area contributed by atoms with Gasteiger partial charge in [0.05, 0.1) is 0 Å². The van der Waals surface area contributed by atoms with Crippen molar-refractivity contribution in [2.45, 2.75) is 33.6 Å². The number of hydrogen-bond donors (Lipinski definition) is 1. The topological polar surface area (TPSA) is 26.0 Å². The molecule has 1 heteroatoms. The van der Waals surface area contributed by atoms with Crippen LogP contribution in [0.4, 0.5) is 5.69 Å². The summed E-state index contributed by atoms with van der Waals surface area (Å²) in [7, 11) is 0. The molecule has 0 amide bonds. The Hall–Kier alpha value is -0.980. The van der Waals surface area contributed by atoms with Gasteiger partial charge in [-0.2, -0.15) is 0 Å². The minimum Gasteiger partial charge on any atom is -0.398 e. The smallest absolute Gasteiger partial charge is 0.0352 e. The third-order valence-corrected chi connectivity index (χ3v) is 2.81. The van der Waals surface area contributed by atoms with Gasteiger partial charge in [0, 0.05) is 5.69 Å². The van der Waals surface area contributed by atoms with Crippen LogP contribution in [-0.2, 0) is 0 Å². The molecule has 1 aromatic rings. The molecule has 0 aliphatic rings. The summed E-state index contributed by atoms with van der Waals surface area (Å²) < 4.78 is 0. The molecule has 1 aromatic carbocycles. The van der Waals surface area contributed by atoms with Crippen molar-refractivity contribution in [1.82, 2.24) is 0 Å². The van der Waals surface area contributed by atoms with Crippen LogP contribution in [0.15, 0.2) is 18.2 Å². The second-order valence-electron chi connectivity index (χ2n) is 4.11. The van der Waals surface area contributed by atoms with Gasteiger partial charge in [-0.25, -0.2) is 0 Å². The first-order valence-electron chi connectivity index (χ1n) is 4.89. The van der Waals surface area contributed by atoms with E-state index in [0.29, 0.717) is 11.8 Å². The number of aryl methyl sites for hydroxylation is 1. The van der Waals surface area contributed by atoms with E-state index in [4.69, 9.17) is 5.73 Å². The highest BCUT2D eigenvalue weighted by atomic mass is 14.6. The lowest BCUT2D eigenvalue weighted by Gasteiger charge is -2.20. The fourth-order valence-electron chi connectivity index (χ4n) is 1.66. The lowest BCUT2D eigenvalue weighted by molar-refractivity contribution is 0.534. The number of anilines is 1. The Morgan fingerprint density at radius 2 is 1.77 bits per heavy atom. The van der Waals surface area contributed by atoms with Gasteiger partial charge >= 0.3 is 0 Å². The zero-order chi connectivity index (χ0) is 10.0. The normalized spacial score (nSPS) is 13.3. The van der Waals surface area contributed by atoms with Crippen LogP contribution in [0.2, 0.25) is 0 Å². The van der Waals surface area contributed by atoms with E-state index in [9.17, 15) is 0 Å². The fourth-order valence-corrected chi connectivity index (χ4v) is 1.66. The quantitative estimate of drug-likeness (QED) is 0.689. The predicted octanol–water partition coefficient (Wildman–Crippen LogP) is 3.34. The van der Waals surface area contributed by atoms with E-state index in [1.54, 1.807) is 0 Å². The Morgan fingerprint density at radius 3 is 2.23 bits per heavy atom. The Morgan fingerprint density at radius 1 is 1.15 bits per heavy atom. The largest absolute Gasteiger partial charge is 0.398 e. The van der Waals surface area contributed by atoms with Crippen molar-refractivity contribution in [3.8, 4) is 0 Å². The van der Waals surface area contributed by atoms with Crippen LogP contribution in [-0.4, -0.2) is 0 Å². The molecule has 0 aliphatic carbocycles. The van der Waals surface area contributed by atoms with Crippen molar-refractivity contribution < 1.29 is 0 Å². The molecule has 0 saturated carbocycles. The van der Waals surface area contributed by atoms with Gasteiger partial charge in [-0.1, -0.05) is 32.9 Å². The van der Waals surface area contributed by atoms with Crippen LogP contribution in [0.5, 0.6) is 0 Å². The Labute approximate surface area is 81.0 Å². The SMILES string of the molecule is Cc1cccc(N)c1C(C)C(C)C. The first-order valence-corrected chi connectivity index (χ1v) is 4.89. The Kier molecular flexibility index (Phi) is 2.97. The van der Waals surface area contributed by atoms with Crippen molar-refractivity contribution >= 4 is 5.69 Å². The summed E-state index contributed by atoms with van der Waals surface area (Å²) in [4.78, 5) is 0. The predicted molar refractivity (Wildman–Crippen MR) is 58.8 cm³/mol. The van der Waals surface area contributed by atoms with Crippen LogP contribution in [0.1, 0.15) is 37.8 Å². The van der Waals surface area contributed by atoms with E-state index in [-0.39, 0.29) is 0 Å². The average Bonchev–Trinajstić information content (AvgIpc) is 2.03. The second kappa shape index (κ2) is 3.82. The van der Waals surface area contributed by atoms with Gasteiger partial charge in [-0.3, -0.25) is 0 Å². The van der Waals surface area contributed by atoms with Crippen LogP contribution in [0, 0.1) is 12.8 Å². The van der Waals surface area contributed by atoms with Crippen LogP contribution in [0.25, 0.3) is 0 Å². The molecule has 0 saturated heterocycles. The summed E-state index contributed by atoms with van der Waals surface area (Å²) in [6.45, 7) is 8.83. The van der Waals surface area contributed by atoms with Gasteiger partial charge in [-0.15, -0.1) is 0 Å². The molecule has 0 spiro atoms. The number of rotatable bonds is 2. The summed E-state index contributed by atoms with van der Waals surface area (Å²) in [6, 6.07) is 6.13. The monoisotopic (exact) mass is 177 g/mol. The maximum absolute atomic E-state index is 5.96. The highest BCUT2D eigenvalue weighted by Crippen LogP contribution is 2.30.